The normalized spacial score (nSPS) is 34.7. The second-order valence-electron chi connectivity index (χ2n) is 10.5. The van der Waals surface area contributed by atoms with Crippen molar-refractivity contribution in [2.24, 2.45) is 11.8 Å². The Labute approximate surface area is 195 Å². The van der Waals surface area contributed by atoms with Crippen molar-refractivity contribution in [1.82, 2.24) is 14.9 Å². The number of hydrogen-bond donors (Lipinski definition) is 2. The lowest BCUT2D eigenvalue weighted by Crippen LogP contribution is -2.69. The van der Waals surface area contributed by atoms with E-state index >= 15 is 0 Å². The minimum Gasteiger partial charge on any atom is -0.326 e. The molecule has 1 heterocycles. The Morgan fingerprint density at radius 3 is 2.58 bits per heavy atom. The molecule has 33 heavy (non-hydrogen) atoms. The van der Waals surface area contributed by atoms with Crippen LogP contribution in [0.4, 0.5) is 0 Å². The SMILES string of the molecule is N#Cc1cccc(S(=O)(=O)NC23CC4CC(CC(NCC(=O)N5CCC[C@@H]5C#N)(C4)C2)C3)c1. The average Bonchev–Trinajstić information content (AvgIpc) is 3.25. The van der Waals surface area contributed by atoms with Crippen LogP contribution in [0.3, 0.4) is 0 Å². The van der Waals surface area contributed by atoms with Crippen LogP contribution >= 0.6 is 0 Å². The van der Waals surface area contributed by atoms with Crippen LogP contribution in [0.5, 0.6) is 0 Å². The number of likely N-dealkylation sites (tertiary alicyclic amines) is 1. The summed E-state index contributed by atoms with van der Waals surface area (Å²) in [5, 5.41) is 22.0. The number of sulfonamides is 1. The molecule has 1 amide bonds. The van der Waals surface area contributed by atoms with Crippen molar-refractivity contribution >= 4 is 15.9 Å². The molecular formula is C24H29N5O3S. The Bertz CT molecular complexity index is 1140. The number of nitrogens with zero attached hydrogens (tertiary/aromatic N) is 3. The lowest BCUT2D eigenvalue weighted by molar-refractivity contribution is -0.131. The molecule has 3 atom stereocenters. The van der Waals surface area contributed by atoms with Crippen LogP contribution in [0, 0.1) is 34.5 Å². The van der Waals surface area contributed by atoms with E-state index in [2.05, 4.69) is 16.1 Å². The number of nitrogens with one attached hydrogen (secondary N) is 2. The van der Waals surface area contributed by atoms with E-state index in [0.717, 1.165) is 44.9 Å². The zero-order chi connectivity index (χ0) is 23.3. The van der Waals surface area contributed by atoms with E-state index in [1.165, 1.54) is 12.1 Å². The van der Waals surface area contributed by atoms with Gasteiger partial charge in [0.1, 0.15) is 6.04 Å². The van der Waals surface area contributed by atoms with Gasteiger partial charge in [-0.25, -0.2) is 13.1 Å². The second kappa shape index (κ2) is 8.09. The van der Waals surface area contributed by atoms with Crippen molar-refractivity contribution in [3.05, 3.63) is 29.8 Å². The molecule has 5 aliphatic rings. The smallest absolute Gasteiger partial charge is 0.241 e. The van der Waals surface area contributed by atoms with Crippen LogP contribution in [0.25, 0.3) is 0 Å². The predicted molar refractivity (Wildman–Crippen MR) is 120 cm³/mol. The number of carbonyl (C=O) groups excluding carboxylic acids is 1. The molecule has 2 unspecified atom stereocenters. The molecule has 4 aliphatic carbocycles. The maximum atomic E-state index is 13.3. The number of hydrogen-bond acceptors (Lipinski definition) is 6. The number of nitriles is 2. The van der Waals surface area contributed by atoms with E-state index in [1.807, 2.05) is 6.07 Å². The van der Waals surface area contributed by atoms with E-state index < -0.39 is 15.6 Å². The van der Waals surface area contributed by atoms with E-state index in [-0.39, 0.29) is 28.9 Å². The lowest BCUT2D eigenvalue weighted by Gasteiger charge is -2.62. The van der Waals surface area contributed by atoms with Gasteiger partial charge in [0, 0.05) is 17.6 Å². The number of rotatable bonds is 6. The second-order valence-corrected chi connectivity index (χ2v) is 12.2. The van der Waals surface area contributed by atoms with Crippen LogP contribution in [-0.2, 0) is 14.8 Å². The molecule has 174 valence electrons. The summed E-state index contributed by atoms with van der Waals surface area (Å²) in [6.45, 7) is 0.813. The Kier molecular flexibility index (Phi) is 5.48. The van der Waals surface area contributed by atoms with Crippen molar-refractivity contribution in [2.45, 2.75) is 73.4 Å². The fraction of sp³-hybridized carbons (Fsp3) is 0.625. The summed E-state index contributed by atoms with van der Waals surface area (Å²) in [7, 11) is -3.78. The first kappa shape index (κ1) is 22.3. The number of amides is 1. The van der Waals surface area contributed by atoms with Crippen molar-refractivity contribution < 1.29 is 13.2 Å². The van der Waals surface area contributed by atoms with Gasteiger partial charge in [0.25, 0.3) is 0 Å². The molecule has 1 saturated heterocycles. The largest absolute Gasteiger partial charge is 0.326 e. The molecule has 1 aliphatic heterocycles. The molecule has 1 aromatic carbocycles. The Morgan fingerprint density at radius 2 is 1.88 bits per heavy atom. The highest BCUT2D eigenvalue weighted by molar-refractivity contribution is 7.89. The van der Waals surface area contributed by atoms with Gasteiger partial charge in [0.15, 0.2) is 0 Å². The Hall–Kier alpha value is -2.46. The summed E-state index contributed by atoms with van der Waals surface area (Å²) in [6, 6.07) is 10.0. The standard InChI is InChI=1S/C24H29N5O3S/c25-13-17-3-1-5-21(8-17)33(31,32)28-24-11-18-7-19(12-24)10-23(9-18,16-24)27-15-22(30)29-6-2-4-20(29)14-26/h1,3,5,8,18-20,27-28H,2,4,6-7,9-12,15-16H2/t18?,19?,20-,23?,24?/m1/s1. The summed E-state index contributed by atoms with van der Waals surface area (Å²) >= 11 is 0. The summed E-state index contributed by atoms with van der Waals surface area (Å²) in [5.74, 6) is 0.791. The third-order valence-electron chi connectivity index (χ3n) is 8.02. The summed E-state index contributed by atoms with van der Waals surface area (Å²) in [5.41, 5.74) is -0.485. The fourth-order valence-electron chi connectivity index (χ4n) is 7.23. The quantitative estimate of drug-likeness (QED) is 0.659. The van der Waals surface area contributed by atoms with Gasteiger partial charge in [-0.2, -0.15) is 10.5 Å². The molecule has 0 aromatic heterocycles. The van der Waals surface area contributed by atoms with Gasteiger partial charge in [0.05, 0.1) is 29.1 Å². The maximum Gasteiger partial charge on any atom is 0.241 e. The van der Waals surface area contributed by atoms with Crippen LogP contribution in [0.15, 0.2) is 29.2 Å². The molecule has 6 rings (SSSR count). The van der Waals surface area contributed by atoms with Crippen LogP contribution < -0.4 is 10.0 Å². The lowest BCUT2D eigenvalue weighted by atomic mass is 9.50. The minimum absolute atomic E-state index is 0.0438. The zero-order valence-corrected chi connectivity index (χ0v) is 19.4. The first-order chi connectivity index (χ1) is 15.8. The van der Waals surface area contributed by atoms with Crippen molar-refractivity contribution in [3.8, 4) is 12.1 Å². The Balaban J connectivity index is 1.33. The number of benzene rings is 1. The third-order valence-corrected chi connectivity index (χ3v) is 9.60. The highest BCUT2D eigenvalue weighted by Gasteiger charge is 2.58. The van der Waals surface area contributed by atoms with Gasteiger partial charge in [0.2, 0.25) is 15.9 Å². The molecule has 0 spiro atoms. The summed E-state index contributed by atoms with van der Waals surface area (Å²) < 4.78 is 29.6. The average molecular weight is 468 g/mol. The van der Waals surface area contributed by atoms with E-state index in [0.29, 0.717) is 30.4 Å². The van der Waals surface area contributed by atoms with E-state index in [1.54, 1.807) is 17.0 Å². The molecular weight excluding hydrogens is 438 g/mol. The highest BCUT2D eigenvalue weighted by Crippen LogP contribution is 2.57. The number of carbonyl (C=O) groups is 1. The third kappa shape index (κ3) is 4.14. The summed E-state index contributed by atoms with van der Waals surface area (Å²) in [4.78, 5) is 14.6. The van der Waals surface area contributed by atoms with Crippen molar-refractivity contribution in [2.75, 3.05) is 13.1 Å². The van der Waals surface area contributed by atoms with Crippen LogP contribution in [-0.4, -0.2) is 49.4 Å². The van der Waals surface area contributed by atoms with Crippen LogP contribution in [0.2, 0.25) is 0 Å². The molecule has 4 bridgehead atoms. The van der Waals surface area contributed by atoms with E-state index in [4.69, 9.17) is 5.26 Å². The van der Waals surface area contributed by atoms with Gasteiger partial charge in [-0.05, 0) is 81.4 Å². The monoisotopic (exact) mass is 467 g/mol. The molecule has 9 heteroatoms. The van der Waals surface area contributed by atoms with Crippen LogP contribution in [0.1, 0.15) is 56.9 Å². The highest BCUT2D eigenvalue weighted by atomic mass is 32.2. The zero-order valence-electron chi connectivity index (χ0n) is 18.6. The van der Waals surface area contributed by atoms with Gasteiger partial charge in [-0.3, -0.25) is 4.79 Å². The molecule has 5 fully saturated rings. The van der Waals surface area contributed by atoms with Crippen molar-refractivity contribution in [1.29, 1.82) is 10.5 Å². The first-order valence-corrected chi connectivity index (χ1v) is 13.2. The minimum atomic E-state index is -3.78. The molecule has 2 N–H and O–H groups in total. The Morgan fingerprint density at radius 1 is 1.15 bits per heavy atom. The maximum absolute atomic E-state index is 13.3. The molecule has 4 saturated carbocycles. The van der Waals surface area contributed by atoms with Crippen molar-refractivity contribution in [3.63, 3.8) is 0 Å². The van der Waals surface area contributed by atoms with Gasteiger partial charge in [-0.1, -0.05) is 6.07 Å². The molecule has 0 radical (unpaired) electrons. The molecule has 1 aromatic rings. The van der Waals surface area contributed by atoms with Gasteiger partial charge < -0.3 is 10.2 Å². The predicted octanol–water partition coefficient (Wildman–Crippen LogP) is 2.03. The fourth-order valence-corrected chi connectivity index (χ4v) is 8.70. The molecule has 8 nitrogen and oxygen atoms in total. The topological polar surface area (TPSA) is 126 Å². The summed E-state index contributed by atoms with van der Waals surface area (Å²) in [6.07, 6.45) is 6.86. The first-order valence-electron chi connectivity index (χ1n) is 11.7. The van der Waals surface area contributed by atoms with E-state index in [9.17, 15) is 18.5 Å². The van der Waals surface area contributed by atoms with Gasteiger partial charge >= 0.3 is 0 Å². The van der Waals surface area contributed by atoms with Gasteiger partial charge in [-0.15, -0.1) is 0 Å².